The van der Waals surface area contributed by atoms with Gasteiger partial charge in [-0.05, 0) is 18.8 Å². The Bertz CT molecular complexity index is 361. The Morgan fingerprint density at radius 3 is 2.58 bits per heavy atom. The van der Waals surface area contributed by atoms with Gasteiger partial charge in [-0.15, -0.1) is 0 Å². The van der Waals surface area contributed by atoms with E-state index in [0.29, 0.717) is 5.92 Å². The third kappa shape index (κ3) is 1.98. The zero-order valence-corrected chi connectivity index (χ0v) is 12.0. The van der Waals surface area contributed by atoms with Crippen LogP contribution in [0.1, 0.15) is 46.0 Å². The van der Waals surface area contributed by atoms with Crippen LogP contribution in [0.25, 0.3) is 0 Å². The monoisotopic (exact) mass is 266 g/mol. The molecular formula is C16H26O3. The van der Waals surface area contributed by atoms with E-state index < -0.39 is 17.8 Å². The number of ether oxygens (including phenoxy) is 1. The van der Waals surface area contributed by atoms with Gasteiger partial charge in [0.25, 0.3) is 0 Å². The van der Waals surface area contributed by atoms with Crippen molar-refractivity contribution >= 4 is 0 Å². The molecule has 6 atom stereocenters. The van der Waals surface area contributed by atoms with Crippen molar-refractivity contribution < 1.29 is 14.9 Å². The summed E-state index contributed by atoms with van der Waals surface area (Å²) in [6.45, 7) is 4.04. The van der Waals surface area contributed by atoms with E-state index in [1.165, 1.54) is 19.3 Å². The molecule has 3 rings (SSSR count). The lowest BCUT2D eigenvalue weighted by atomic mass is 9.70. The molecule has 3 nitrogen and oxygen atoms in total. The van der Waals surface area contributed by atoms with Crippen LogP contribution in [0.3, 0.4) is 0 Å². The maximum atomic E-state index is 10.9. The van der Waals surface area contributed by atoms with Crippen LogP contribution in [0, 0.1) is 17.8 Å². The maximum Gasteiger partial charge on any atom is 0.118 e. The largest absolute Gasteiger partial charge is 0.392 e. The van der Waals surface area contributed by atoms with E-state index in [4.69, 9.17) is 4.74 Å². The molecular weight excluding hydrogens is 240 g/mol. The van der Waals surface area contributed by atoms with Gasteiger partial charge in [0.2, 0.25) is 0 Å². The fourth-order valence-corrected chi connectivity index (χ4v) is 4.27. The molecule has 0 aromatic carbocycles. The molecule has 1 saturated carbocycles. The van der Waals surface area contributed by atoms with Gasteiger partial charge < -0.3 is 14.9 Å². The minimum absolute atomic E-state index is 0.0376. The molecule has 1 saturated heterocycles. The Morgan fingerprint density at radius 1 is 1.21 bits per heavy atom. The molecule has 108 valence electrons. The molecule has 0 radical (unpaired) electrons. The van der Waals surface area contributed by atoms with Crippen molar-refractivity contribution in [3.05, 3.63) is 12.2 Å². The van der Waals surface area contributed by atoms with Crippen LogP contribution in [0.15, 0.2) is 12.2 Å². The molecule has 3 heteroatoms. The summed E-state index contributed by atoms with van der Waals surface area (Å²) in [5.41, 5.74) is -0.654. The lowest BCUT2D eigenvalue weighted by molar-refractivity contribution is -0.220. The van der Waals surface area contributed by atoms with Crippen molar-refractivity contribution in [2.24, 2.45) is 17.8 Å². The number of aliphatic hydroxyl groups is 2. The van der Waals surface area contributed by atoms with E-state index in [1.807, 2.05) is 26.0 Å². The highest BCUT2D eigenvalue weighted by atomic mass is 16.5. The number of hydrogen-bond acceptors (Lipinski definition) is 3. The van der Waals surface area contributed by atoms with Gasteiger partial charge in [-0.1, -0.05) is 45.3 Å². The van der Waals surface area contributed by atoms with Crippen LogP contribution in [-0.2, 0) is 4.74 Å². The second-order valence-corrected chi connectivity index (χ2v) is 6.78. The van der Waals surface area contributed by atoms with Crippen LogP contribution in [0.2, 0.25) is 0 Å². The van der Waals surface area contributed by atoms with Gasteiger partial charge >= 0.3 is 0 Å². The molecule has 1 aliphatic carbocycles. The molecule has 2 fully saturated rings. The molecule has 2 bridgehead atoms. The molecule has 19 heavy (non-hydrogen) atoms. The predicted molar refractivity (Wildman–Crippen MR) is 73.7 cm³/mol. The first-order chi connectivity index (χ1) is 9.06. The summed E-state index contributed by atoms with van der Waals surface area (Å²) in [4.78, 5) is 0. The Balaban J connectivity index is 1.84. The second kappa shape index (κ2) is 4.87. The van der Waals surface area contributed by atoms with Gasteiger partial charge in [0.05, 0.1) is 18.3 Å². The average Bonchev–Trinajstić information content (AvgIpc) is 2.87. The molecule has 0 amide bonds. The molecule has 0 aromatic heterocycles. The summed E-state index contributed by atoms with van der Waals surface area (Å²) in [5.74, 6) is 0.384. The normalized spacial score (nSPS) is 48.4. The summed E-state index contributed by atoms with van der Waals surface area (Å²) >= 11 is 0. The first-order valence-electron chi connectivity index (χ1n) is 7.79. The van der Waals surface area contributed by atoms with Crippen LogP contribution < -0.4 is 0 Å². The van der Waals surface area contributed by atoms with Gasteiger partial charge in [-0.3, -0.25) is 0 Å². The highest BCUT2D eigenvalue weighted by Crippen LogP contribution is 2.48. The zero-order chi connectivity index (χ0) is 13.6. The highest BCUT2D eigenvalue weighted by Gasteiger charge is 2.56. The van der Waals surface area contributed by atoms with Crippen molar-refractivity contribution in [1.29, 1.82) is 0 Å². The SMILES string of the molecule is C[C@H]1[C@@H](O)[C@@H](C)[C@]2([C@@H](O)C3CCCCC3)C=C[C@H]1O2. The summed E-state index contributed by atoms with van der Waals surface area (Å²) in [7, 11) is 0. The number of fused-ring (bicyclic) bond motifs is 2. The summed E-state index contributed by atoms with van der Waals surface area (Å²) < 4.78 is 6.17. The fourth-order valence-electron chi connectivity index (χ4n) is 4.27. The first-order valence-corrected chi connectivity index (χ1v) is 7.79. The number of hydrogen-bond donors (Lipinski definition) is 2. The Hall–Kier alpha value is -0.380. The third-order valence-electron chi connectivity index (χ3n) is 5.73. The second-order valence-electron chi connectivity index (χ2n) is 6.78. The van der Waals surface area contributed by atoms with Gasteiger partial charge in [0.15, 0.2) is 0 Å². The van der Waals surface area contributed by atoms with Crippen molar-refractivity contribution in [2.45, 2.75) is 69.9 Å². The van der Waals surface area contributed by atoms with Gasteiger partial charge in [0, 0.05) is 11.8 Å². The van der Waals surface area contributed by atoms with Crippen LogP contribution in [0.5, 0.6) is 0 Å². The molecule has 0 spiro atoms. The summed E-state index contributed by atoms with van der Waals surface area (Å²) in [6, 6.07) is 0. The van der Waals surface area contributed by atoms with E-state index in [0.717, 1.165) is 12.8 Å². The topological polar surface area (TPSA) is 49.7 Å². The van der Waals surface area contributed by atoms with Crippen LogP contribution in [-0.4, -0.2) is 34.1 Å². The minimum Gasteiger partial charge on any atom is -0.392 e. The van der Waals surface area contributed by atoms with Gasteiger partial charge in [-0.2, -0.15) is 0 Å². The molecule has 0 unspecified atom stereocenters. The quantitative estimate of drug-likeness (QED) is 0.754. The maximum absolute atomic E-state index is 10.9. The summed E-state index contributed by atoms with van der Waals surface area (Å²) in [5, 5.41) is 21.3. The van der Waals surface area contributed by atoms with Crippen molar-refractivity contribution in [3.63, 3.8) is 0 Å². The number of rotatable bonds is 2. The minimum atomic E-state index is -0.654. The van der Waals surface area contributed by atoms with Crippen LogP contribution >= 0.6 is 0 Å². The van der Waals surface area contributed by atoms with Gasteiger partial charge in [0.1, 0.15) is 5.60 Å². The lowest BCUT2D eigenvalue weighted by Gasteiger charge is -2.49. The Labute approximate surface area is 115 Å². The van der Waals surface area contributed by atoms with E-state index in [9.17, 15) is 10.2 Å². The Morgan fingerprint density at radius 2 is 1.89 bits per heavy atom. The smallest absolute Gasteiger partial charge is 0.118 e. The van der Waals surface area contributed by atoms with Crippen LogP contribution in [0.4, 0.5) is 0 Å². The van der Waals surface area contributed by atoms with Crippen molar-refractivity contribution in [1.82, 2.24) is 0 Å². The first kappa shape index (κ1) is 13.6. The molecule has 2 aliphatic heterocycles. The van der Waals surface area contributed by atoms with Crippen molar-refractivity contribution in [2.75, 3.05) is 0 Å². The fraction of sp³-hybridized carbons (Fsp3) is 0.875. The van der Waals surface area contributed by atoms with E-state index >= 15 is 0 Å². The Kier molecular flexibility index (Phi) is 3.48. The molecule has 0 aromatic rings. The standard InChI is InChI=1S/C16H26O3/c1-10-13-8-9-16(19-13,11(2)14(10)17)15(18)12-6-4-3-5-7-12/h8-15,17-18H,3-7H2,1-2H3/t10-,11-,13-,14-,15+,16+/m1/s1. The lowest BCUT2D eigenvalue weighted by Crippen LogP contribution is -2.60. The third-order valence-corrected chi connectivity index (χ3v) is 5.73. The average molecular weight is 266 g/mol. The van der Waals surface area contributed by atoms with E-state index in [2.05, 4.69) is 0 Å². The zero-order valence-electron chi connectivity index (χ0n) is 12.0. The van der Waals surface area contributed by atoms with E-state index in [-0.39, 0.29) is 17.9 Å². The van der Waals surface area contributed by atoms with Crippen molar-refractivity contribution in [3.8, 4) is 0 Å². The molecule has 3 aliphatic rings. The predicted octanol–water partition coefficient (Wildman–Crippen LogP) is 2.27. The highest BCUT2D eigenvalue weighted by molar-refractivity contribution is 5.23. The van der Waals surface area contributed by atoms with Gasteiger partial charge in [-0.25, -0.2) is 0 Å². The molecule has 2 N–H and O–H groups in total. The number of aliphatic hydroxyl groups excluding tert-OH is 2. The molecule has 2 heterocycles. The van der Waals surface area contributed by atoms with E-state index in [1.54, 1.807) is 0 Å². The summed E-state index contributed by atoms with van der Waals surface area (Å²) in [6.07, 6.45) is 9.04.